The maximum Gasteiger partial charge on any atom is 0.123 e. The highest BCUT2D eigenvalue weighted by molar-refractivity contribution is 5.41. The molecule has 0 amide bonds. The van der Waals surface area contributed by atoms with Crippen molar-refractivity contribution in [3.63, 3.8) is 0 Å². The SMILES string of the molecule is CCNC(C=C(C)C)c1cc(C)ccc1OC. The van der Waals surface area contributed by atoms with Crippen LogP contribution in [0.5, 0.6) is 5.75 Å². The van der Waals surface area contributed by atoms with Crippen LogP contribution in [0.4, 0.5) is 0 Å². The molecule has 0 fully saturated rings. The molecule has 1 rings (SSSR count). The minimum atomic E-state index is 0.222. The van der Waals surface area contributed by atoms with Gasteiger partial charge < -0.3 is 10.1 Å². The fraction of sp³-hybridized carbons (Fsp3) is 0.467. The number of likely N-dealkylation sites (N-methyl/N-ethyl adjacent to an activating group) is 1. The molecule has 0 bridgehead atoms. The normalized spacial score (nSPS) is 12.1. The van der Waals surface area contributed by atoms with Gasteiger partial charge in [-0.3, -0.25) is 0 Å². The topological polar surface area (TPSA) is 21.3 Å². The Hall–Kier alpha value is -1.28. The molecular formula is C15H23NO. The van der Waals surface area contributed by atoms with Gasteiger partial charge in [0.2, 0.25) is 0 Å². The first kappa shape index (κ1) is 13.8. The summed E-state index contributed by atoms with van der Waals surface area (Å²) in [7, 11) is 1.72. The summed E-state index contributed by atoms with van der Waals surface area (Å²) in [6.07, 6.45) is 2.24. The number of allylic oxidation sites excluding steroid dienone is 1. The van der Waals surface area contributed by atoms with E-state index >= 15 is 0 Å². The third kappa shape index (κ3) is 3.90. The highest BCUT2D eigenvalue weighted by Crippen LogP contribution is 2.27. The van der Waals surface area contributed by atoms with E-state index in [0.717, 1.165) is 12.3 Å². The lowest BCUT2D eigenvalue weighted by Crippen LogP contribution is -2.20. The quantitative estimate of drug-likeness (QED) is 0.784. The number of methoxy groups -OCH3 is 1. The molecule has 2 nitrogen and oxygen atoms in total. The van der Waals surface area contributed by atoms with Crippen LogP contribution in [0.25, 0.3) is 0 Å². The number of hydrogen-bond donors (Lipinski definition) is 1. The van der Waals surface area contributed by atoms with Crippen LogP contribution < -0.4 is 10.1 Å². The van der Waals surface area contributed by atoms with E-state index in [0.29, 0.717) is 0 Å². The van der Waals surface area contributed by atoms with Crippen LogP contribution in [0.3, 0.4) is 0 Å². The molecular weight excluding hydrogens is 210 g/mol. The monoisotopic (exact) mass is 233 g/mol. The zero-order chi connectivity index (χ0) is 12.8. The van der Waals surface area contributed by atoms with E-state index in [4.69, 9.17) is 4.74 Å². The standard InChI is InChI=1S/C15H23NO/c1-6-16-14(9-11(2)3)13-10-12(4)7-8-15(13)17-5/h7-10,14,16H,6H2,1-5H3. The Morgan fingerprint density at radius 1 is 1.41 bits per heavy atom. The number of rotatable bonds is 5. The molecule has 0 saturated carbocycles. The van der Waals surface area contributed by atoms with Crippen LogP contribution in [-0.4, -0.2) is 13.7 Å². The van der Waals surface area contributed by atoms with Crippen molar-refractivity contribution in [1.29, 1.82) is 0 Å². The van der Waals surface area contributed by atoms with Crippen molar-refractivity contribution in [3.05, 3.63) is 41.0 Å². The fourth-order valence-electron chi connectivity index (χ4n) is 1.91. The molecule has 0 saturated heterocycles. The number of aryl methyl sites for hydroxylation is 1. The largest absolute Gasteiger partial charge is 0.496 e. The Bertz CT molecular complexity index is 392. The van der Waals surface area contributed by atoms with Gasteiger partial charge in [0.1, 0.15) is 5.75 Å². The van der Waals surface area contributed by atoms with E-state index in [-0.39, 0.29) is 6.04 Å². The third-order valence-electron chi connectivity index (χ3n) is 2.64. The first-order chi connectivity index (χ1) is 8.08. The second-order valence-electron chi connectivity index (χ2n) is 4.52. The predicted molar refractivity (Wildman–Crippen MR) is 73.6 cm³/mol. The molecule has 1 atom stereocenters. The van der Waals surface area contributed by atoms with Gasteiger partial charge in [-0.15, -0.1) is 0 Å². The molecule has 2 heteroatoms. The first-order valence-electron chi connectivity index (χ1n) is 6.11. The Balaban J connectivity index is 3.16. The molecule has 0 aliphatic carbocycles. The van der Waals surface area contributed by atoms with Crippen LogP contribution in [0, 0.1) is 6.92 Å². The highest BCUT2D eigenvalue weighted by atomic mass is 16.5. The first-order valence-corrected chi connectivity index (χ1v) is 6.11. The third-order valence-corrected chi connectivity index (χ3v) is 2.64. The number of benzene rings is 1. The van der Waals surface area contributed by atoms with E-state index in [1.54, 1.807) is 7.11 Å². The molecule has 0 spiro atoms. The van der Waals surface area contributed by atoms with Crippen LogP contribution in [0.1, 0.15) is 37.9 Å². The van der Waals surface area contributed by atoms with Crippen molar-refractivity contribution < 1.29 is 4.74 Å². The maximum absolute atomic E-state index is 5.44. The molecule has 1 aromatic carbocycles. The lowest BCUT2D eigenvalue weighted by molar-refractivity contribution is 0.405. The van der Waals surface area contributed by atoms with E-state index in [2.05, 4.69) is 51.2 Å². The minimum absolute atomic E-state index is 0.222. The van der Waals surface area contributed by atoms with Gasteiger partial charge >= 0.3 is 0 Å². The number of nitrogens with one attached hydrogen (secondary N) is 1. The molecule has 17 heavy (non-hydrogen) atoms. The van der Waals surface area contributed by atoms with E-state index in [9.17, 15) is 0 Å². The summed E-state index contributed by atoms with van der Waals surface area (Å²) in [4.78, 5) is 0. The molecule has 94 valence electrons. The second kappa shape index (κ2) is 6.45. The van der Waals surface area contributed by atoms with Gasteiger partial charge in [0.15, 0.2) is 0 Å². The van der Waals surface area contributed by atoms with E-state index < -0.39 is 0 Å². The van der Waals surface area contributed by atoms with Crippen LogP contribution >= 0.6 is 0 Å². The average Bonchev–Trinajstić information content (AvgIpc) is 2.28. The van der Waals surface area contributed by atoms with E-state index in [1.165, 1.54) is 16.7 Å². The zero-order valence-electron chi connectivity index (χ0n) is 11.5. The molecule has 0 heterocycles. The Labute approximate surface area is 105 Å². The maximum atomic E-state index is 5.44. The van der Waals surface area contributed by atoms with Crippen molar-refractivity contribution in [3.8, 4) is 5.75 Å². The molecule has 0 aromatic heterocycles. The van der Waals surface area contributed by atoms with Gasteiger partial charge in [0.05, 0.1) is 13.2 Å². The van der Waals surface area contributed by atoms with Gasteiger partial charge in [0.25, 0.3) is 0 Å². The van der Waals surface area contributed by atoms with Gasteiger partial charge in [-0.05, 0) is 33.4 Å². The number of hydrogen-bond acceptors (Lipinski definition) is 2. The van der Waals surface area contributed by atoms with Crippen molar-refractivity contribution in [1.82, 2.24) is 5.32 Å². The summed E-state index contributed by atoms with van der Waals surface area (Å²) < 4.78 is 5.44. The highest BCUT2D eigenvalue weighted by Gasteiger charge is 2.12. The van der Waals surface area contributed by atoms with Crippen LogP contribution in [0.15, 0.2) is 29.8 Å². The summed E-state index contributed by atoms with van der Waals surface area (Å²) in [5.74, 6) is 0.944. The predicted octanol–water partition coefficient (Wildman–Crippen LogP) is 3.62. The summed E-state index contributed by atoms with van der Waals surface area (Å²) >= 11 is 0. The summed E-state index contributed by atoms with van der Waals surface area (Å²) in [5.41, 5.74) is 3.76. The fourth-order valence-corrected chi connectivity index (χ4v) is 1.91. The van der Waals surface area contributed by atoms with Crippen molar-refractivity contribution in [2.75, 3.05) is 13.7 Å². The molecule has 0 radical (unpaired) electrons. The van der Waals surface area contributed by atoms with Crippen molar-refractivity contribution >= 4 is 0 Å². The average molecular weight is 233 g/mol. The number of ether oxygens (including phenoxy) is 1. The summed E-state index contributed by atoms with van der Waals surface area (Å²) in [6.45, 7) is 9.40. The van der Waals surface area contributed by atoms with Crippen molar-refractivity contribution in [2.24, 2.45) is 0 Å². The van der Waals surface area contributed by atoms with Gasteiger partial charge in [0, 0.05) is 5.56 Å². The summed E-state index contributed by atoms with van der Waals surface area (Å²) in [5, 5.41) is 3.48. The van der Waals surface area contributed by atoms with Gasteiger partial charge in [-0.1, -0.05) is 36.3 Å². The Morgan fingerprint density at radius 3 is 2.65 bits per heavy atom. The molecule has 1 N–H and O–H groups in total. The lowest BCUT2D eigenvalue weighted by Gasteiger charge is -2.19. The summed E-state index contributed by atoms with van der Waals surface area (Å²) in [6, 6.07) is 6.52. The molecule has 0 aliphatic heterocycles. The lowest BCUT2D eigenvalue weighted by atomic mass is 10.0. The van der Waals surface area contributed by atoms with Crippen LogP contribution in [0.2, 0.25) is 0 Å². The van der Waals surface area contributed by atoms with Crippen molar-refractivity contribution in [2.45, 2.75) is 33.7 Å². The zero-order valence-corrected chi connectivity index (χ0v) is 11.5. The Kier molecular flexibility index (Phi) is 5.23. The smallest absolute Gasteiger partial charge is 0.123 e. The molecule has 1 unspecified atom stereocenters. The van der Waals surface area contributed by atoms with Gasteiger partial charge in [-0.25, -0.2) is 0 Å². The van der Waals surface area contributed by atoms with Crippen LogP contribution in [-0.2, 0) is 0 Å². The second-order valence-corrected chi connectivity index (χ2v) is 4.52. The minimum Gasteiger partial charge on any atom is -0.496 e. The molecule has 1 aromatic rings. The van der Waals surface area contributed by atoms with E-state index in [1.807, 2.05) is 6.07 Å². The van der Waals surface area contributed by atoms with Gasteiger partial charge in [-0.2, -0.15) is 0 Å². The molecule has 0 aliphatic rings. The Morgan fingerprint density at radius 2 is 2.12 bits per heavy atom.